The average Bonchev–Trinajstić information content (AvgIpc) is 2.90. The molecule has 3 atom stereocenters. The Labute approximate surface area is 103 Å². The van der Waals surface area contributed by atoms with Crippen LogP contribution in [-0.2, 0) is 4.74 Å². The summed E-state index contributed by atoms with van der Waals surface area (Å²) in [4.78, 5) is 1.84. The lowest BCUT2D eigenvalue weighted by Crippen LogP contribution is -2.58. The van der Waals surface area contributed by atoms with Gasteiger partial charge in [-0.1, -0.05) is 6.42 Å². The van der Waals surface area contributed by atoms with Gasteiger partial charge in [0.2, 0.25) is 0 Å². The monoisotopic (exact) mass is 241 g/mol. The summed E-state index contributed by atoms with van der Waals surface area (Å²) < 4.78 is 5.54. The molecule has 0 radical (unpaired) electrons. The van der Waals surface area contributed by atoms with Gasteiger partial charge in [0.05, 0.1) is 0 Å². The number of hydrogen-bond donors (Lipinski definition) is 2. The molecule has 2 aliphatic heterocycles. The van der Waals surface area contributed by atoms with Crippen LogP contribution in [0.3, 0.4) is 0 Å². The predicted molar refractivity (Wildman–Crippen MR) is 63.2 cm³/mol. The quantitative estimate of drug-likeness (QED) is 0.706. The molecule has 2 saturated heterocycles. The molecule has 3 unspecified atom stereocenters. The van der Waals surface area contributed by atoms with Gasteiger partial charge in [-0.3, -0.25) is 0 Å². The summed E-state index contributed by atoms with van der Waals surface area (Å²) in [5, 5.41) is 20.7. The van der Waals surface area contributed by atoms with Gasteiger partial charge in [0.25, 0.3) is 5.91 Å². The van der Waals surface area contributed by atoms with Gasteiger partial charge < -0.3 is 14.9 Å². The number of rotatable bonds is 2. The third-order valence-electron chi connectivity index (χ3n) is 4.80. The molecule has 0 bridgehead atoms. The van der Waals surface area contributed by atoms with Gasteiger partial charge in [-0.2, -0.15) is 0 Å². The van der Waals surface area contributed by atoms with E-state index >= 15 is 0 Å². The molecule has 4 heteroatoms. The first-order chi connectivity index (χ1) is 8.18. The van der Waals surface area contributed by atoms with Crippen LogP contribution in [0, 0.1) is 11.8 Å². The standard InChI is InChI=1S/C13H23NO3/c15-13(16,12-6-1-2-7-17-12)14-8-10-4-3-5-11(10)9-14/h10-12,15-16H,1-9H2. The molecule has 3 aliphatic rings. The molecule has 0 amide bonds. The molecular formula is C13H23NO3. The Hall–Kier alpha value is -0.160. The van der Waals surface area contributed by atoms with Crippen molar-refractivity contribution >= 4 is 0 Å². The van der Waals surface area contributed by atoms with Crippen molar-refractivity contribution in [1.82, 2.24) is 4.90 Å². The molecule has 2 heterocycles. The molecule has 0 aromatic carbocycles. The van der Waals surface area contributed by atoms with E-state index in [4.69, 9.17) is 4.74 Å². The lowest BCUT2D eigenvalue weighted by atomic mass is 10.0. The largest absolute Gasteiger partial charge is 0.371 e. The Morgan fingerprint density at radius 3 is 2.24 bits per heavy atom. The second-order valence-corrected chi connectivity index (χ2v) is 5.90. The fourth-order valence-electron chi connectivity index (χ4n) is 3.75. The number of nitrogens with zero attached hydrogens (tertiary/aromatic N) is 1. The molecule has 3 rings (SSSR count). The van der Waals surface area contributed by atoms with Crippen LogP contribution in [0.5, 0.6) is 0 Å². The summed E-state index contributed by atoms with van der Waals surface area (Å²) in [5.41, 5.74) is 0. The Kier molecular flexibility index (Phi) is 3.15. The highest BCUT2D eigenvalue weighted by Crippen LogP contribution is 2.40. The van der Waals surface area contributed by atoms with E-state index < -0.39 is 12.0 Å². The van der Waals surface area contributed by atoms with Crippen LogP contribution in [0.2, 0.25) is 0 Å². The zero-order chi connectivity index (χ0) is 11.9. The predicted octanol–water partition coefficient (Wildman–Crippen LogP) is 0.926. The fraction of sp³-hybridized carbons (Fsp3) is 1.00. The van der Waals surface area contributed by atoms with Crippen LogP contribution >= 0.6 is 0 Å². The van der Waals surface area contributed by atoms with Gasteiger partial charge in [0.1, 0.15) is 6.10 Å². The lowest BCUT2D eigenvalue weighted by Gasteiger charge is -2.40. The summed E-state index contributed by atoms with van der Waals surface area (Å²) in [5.74, 6) is -0.389. The first-order valence-electron chi connectivity index (χ1n) is 6.99. The number of aliphatic hydroxyl groups is 2. The van der Waals surface area contributed by atoms with E-state index in [0.717, 1.165) is 32.4 Å². The molecule has 0 aromatic rings. The van der Waals surface area contributed by atoms with Crippen LogP contribution in [-0.4, -0.2) is 46.8 Å². The van der Waals surface area contributed by atoms with Crippen molar-refractivity contribution in [2.45, 2.75) is 50.5 Å². The van der Waals surface area contributed by atoms with E-state index in [1.54, 1.807) is 0 Å². The first-order valence-corrected chi connectivity index (χ1v) is 6.99. The van der Waals surface area contributed by atoms with Crippen LogP contribution in [0.1, 0.15) is 38.5 Å². The molecule has 17 heavy (non-hydrogen) atoms. The van der Waals surface area contributed by atoms with Gasteiger partial charge in [-0.05, 0) is 43.9 Å². The van der Waals surface area contributed by atoms with Crippen molar-refractivity contribution in [2.75, 3.05) is 19.7 Å². The minimum Gasteiger partial charge on any atom is -0.371 e. The molecule has 2 N–H and O–H groups in total. The van der Waals surface area contributed by atoms with Crippen molar-refractivity contribution in [1.29, 1.82) is 0 Å². The van der Waals surface area contributed by atoms with Gasteiger partial charge >= 0.3 is 0 Å². The van der Waals surface area contributed by atoms with E-state index in [-0.39, 0.29) is 0 Å². The Morgan fingerprint density at radius 2 is 1.65 bits per heavy atom. The third kappa shape index (κ3) is 2.12. The van der Waals surface area contributed by atoms with Crippen LogP contribution in [0.4, 0.5) is 0 Å². The maximum absolute atomic E-state index is 10.4. The molecule has 1 aliphatic carbocycles. The van der Waals surface area contributed by atoms with E-state index in [9.17, 15) is 10.2 Å². The maximum Gasteiger partial charge on any atom is 0.252 e. The van der Waals surface area contributed by atoms with Gasteiger partial charge in [0.15, 0.2) is 0 Å². The number of fused-ring (bicyclic) bond motifs is 1. The minimum absolute atomic E-state index is 0.421. The normalized spacial score (nSPS) is 39.5. The SMILES string of the molecule is OC(O)(C1CCCCO1)N1CC2CCCC2C1. The van der Waals surface area contributed by atoms with Gasteiger partial charge in [-0.25, -0.2) is 4.90 Å². The molecule has 0 spiro atoms. The molecule has 1 saturated carbocycles. The highest BCUT2D eigenvalue weighted by molar-refractivity contribution is 4.93. The number of ether oxygens (including phenoxy) is 1. The van der Waals surface area contributed by atoms with E-state index in [1.807, 2.05) is 4.90 Å². The van der Waals surface area contributed by atoms with Crippen molar-refractivity contribution in [3.63, 3.8) is 0 Å². The number of likely N-dealkylation sites (tertiary alicyclic amines) is 1. The Balaban J connectivity index is 1.66. The van der Waals surface area contributed by atoms with E-state index in [1.165, 1.54) is 19.3 Å². The third-order valence-corrected chi connectivity index (χ3v) is 4.80. The zero-order valence-corrected chi connectivity index (χ0v) is 10.3. The summed E-state index contributed by atoms with van der Waals surface area (Å²) in [6.45, 7) is 2.32. The van der Waals surface area contributed by atoms with E-state index in [0.29, 0.717) is 18.4 Å². The molecule has 4 nitrogen and oxygen atoms in total. The van der Waals surface area contributed by atoms with Crippen LogP contribution in [0.25, 0.3) is 0 Å². The van der Waals surface area contributed by atoms with Crippen molar-refractivity contribution in [2.24, 2.45) is 11.8 Å². The van der Waals surface area contributed by atoms with Gasteiger partial charge in [-0.15, -0.1) is 0 Å². The molecule has 3 fully saturated rings. The molecule has 0 aromatic heterocycles. The highest BCUT2D eigenvalue weighted by Gasteiger charge is 2.48. The van der Waals surface area contributed by atoms with Crippen molar-refractivity contribution in [3.05, 3.63) is 0 Å². The fourth-order valence-corrected chi connectivity index (χ4v) is 3.75. The second kappa shape index (κ2) is 4.50. The van der Waals surface area contributed by atoms with Crippen molar-refractivity contribution in [3.8, 4) is 0 Å². The topological polar surface area (TPSA) is 52.9 Å². The smallest absolute Gasteiger partial charge is 0.252 e. The second-order valence-electron chi connectivity index (χ2n) is 5.90. The Morgan fingerprint density at radius 1 is 0.941 bits per heavy atom. The first kappa shape index (κ1) is 11.9. The minimum atomic E-state index is -1.75. The van der Waals surface area contributed by atoms with E-state index in [2.05, 4.69) is 0 Å². The van der Waals surface area contributed by atoms with Crippen LogP contribution in [0.15, 0.2) is 0 Å². The molecular weight excluding hydrogens is 218 g/mol. The van der Waals surface area contributed by atoms with Gasteiger partial charge in [0, 0.05) is 19.7 Å². The summed E-state index contributed by atoms with van der Waals surface area (Å²) in [6.07, 6.45) is 6.23. The van der Waals surface area contributed by atoms with Crippen LogP contribution < -0.4 is 0 Å². The van der Waals surface area contributed by atoms with Crippen molar-refractivity contribution < 1.29 is 14.9 Å². The lowest BCUT2D eigenvalue weighted by molar-refractivity contribution is -0.321. The summed E-state index contributed by atoms with van der Waals surface area (Å²) in [6, 6.07) is 0. The Bertz CT molecular complexity index is 264. The average molecular weight is 241 g/mol. The summed E-state index contributed by atoms with van der Waals surface area (Å²) >= 11 is 0. The number of hydrogen-bond acceptors (Lipinski definition) is 4. The molecule has 98 valence electrons. The maximum atomic E-state index is 10.4. The zero-order valence-electron chi connectivity index (χ0n) is 10.3. The summed E-state index contributed by atoms with van der Waals surface area (Å²) in [7, 11) is 0. The highest BCUT2D eigenvalue weighted by atomic mass is 16.6.